The van der Waals surface area contributed by atoms with Gasteiger partial charge in [0.2, 0.25) is 0 Å². The summed E-state index contributed by atoms with van der Waals surface area (Å²) in [7, 11) is 0. The minimum atomic E-state index is 0.350. The van der Waals surface area contributed by atoms with Crippen LogP contribution in [0.25, 0.3) is 0 Å². The van der Waals surface area contributed by atoms with Crippen molar-refractivity contribution in [2.45, 2.75) is 58.3 Å². The van der Waals surface area contributed by atoms with Crippen molar-refractivity contribution in [1.82, 2.24) is 0 Å². The molecule has 0 aromatic rings. The molecule has 1 rings (SSSR count). The lowest BCUT2D eigenvalue weighted by molar-refractivity contribution is -0.125. The highest BCUT2D eigenvalue weighted by Gasteiger charge is 2.28. The van der Waals surface area contributed by atoms with Gasteiger partial charge in [-0.05, 0) is 31.6 Å². The van der Waals surface area contributed by atoms with E-state index >= 15 is 0 Å². The van der Waals surface area contributed by atoms with Crippen LogP contribution in [0.2, 0.25) is 0 Å². The van der Waals surface area contributed by atoms with Crippen molar-refractivity contribution in [3.63, 3.8) is 0 Å². The summed E-state index contributed by atoms with van der Waals surface area (Å²) in [4.78, 5) is 12.0. The molecule has 2 atom stereocenters. The van der Waals surface area contributed by atoms with Crippen molar-refractivity contribution in [2.24, 2.45) is 11.8 Å². The number of Topliss-reactive ketones (excluding diaryl/α,β-unsaturated/α-hetero) is 1. The highest BCUT2D eigenvalue weighted by Crippen LogP contribution is 2.34. The average molecular weight is 208 g/mol. The van der Waals surface area contributed by atoms with Gasteiger partial charge in [0.25, 0.3) is 0 Å². The second kappa shape index (κ2) is 6.81. The minimum absolute atomic E-state index is 0.350. The first kappa shape index (κ1) is 12.5. The number of unbranched alkanes of at least 4 members (excludes halogenated alkanes) is 1. The first-order chi connectivity index (χ1) is 7.29. The molecule has 0 amide bonds. The summed E-state index contributed by atoms with van der Waals surface area (Å²) in [6.45, 7) is 5.95. The van der Waals surface area contributed by atoms with Crippen LogP contribution in [0.1, 0.15) is 58.3 Å². The third-order valence-corrected chi connectivity index (χ3v) is 3.57. The quantitative estimate of drug-likeness (QED) is 0.600. The van der Waals surface area contributed by atoms with Gasteiger partial charge in [0.1, 0.15) is 5.78 Å². The Morgan fingerprint density at radius 3 is 2.80 bits per heavy atom. The fourth-order valence-corrected chi connectivity index (χ4v) is 2.66. The summed E-state index contributed by atoms with van der Waals surface area (Å²) in [5.41, 5.74) is 0. The van der Waals surface area contributed by atoms with Gasteiger partial charge in [-0.3, -0.25) is 4.79 Å². The van der Waals surface area contributed by atoms with Gasteiger partial charge in [-0.1, -0.05) is 32.3 Å². The van der Waals surface area contributed by atoms with Gasteiger partial charge < -0.3 is 0 Å². The van der Waals surface area contributed by atoms with E-state index in [0.717, 1.165) is 32.1 Å². The van der Waals surface area contributed by atoms with Crippen LogP contribution in [0.4, 0.5) is 0 Å². The monoisotopic (exact) mass is 208 g/mol. The molecule has 0 bridgehead atoms. The van der Waals surface area contributed by atoms with Crippen LogP contribution < -0.4 is 0 Å². The summed E-state index contributed by atoms with van der Waals surface area (Å²) >= 11 is 0. The molecule has 1 nitrogen and oxygen atoms in total. The molecule has 1 heteroatoms. The van der Waals surface area contributed by atoms with Crippen molar-refractivity contribution in [1.29, 1.82) is 0 Å². The van der Waals surface area contributed by atoms with E-state index in [4.69, 9.17) is 0 Å². The Balaban J connectivity index is 2.47. The maximum absolute atomic E-state index is 12.0. The Labute approximate surface area is 93.9 Å². The van der Waals surface area contributed by atoms with Crippen LogP contribution in [0.3, 0.4) is 0 Å². The van der Waals surface area contributed by atoms with E-state index < -0.39 is 0 Å². The predicted molar refractivity (Wildman–Crippen MR) is 64.8 cm³/mol. The van der Waals surface area contributed by atoms with Crippen LogP contribution >= 0.6 is 0 Å². The number of allylic oxidation sites excluding steroid dienone is 1. The topological polar surface area (TPSA) is 17.1 Å². The van der Waals surface area contributed by atoms with Gasteiger partial charge in [-0.2, -0.15) is 0 Å². The van der Waals surface area contributed by atoms with Gasteiger partial charge >= 0.3 is 0 Å². The fourth-order valence-electron chi connectivity index (χ4n) is 2.66. The number of carbonyl (C=O) groups excluding carboxylic acids is 1. The Bertz CT molecular complexity index is 207. The smallest absolute Gasteiger partial charge is 0.136 e. The van der Waals surface area contributed by atoms with E-state index in [1.807, 2.05) is 6.08 Å². The largest absolute Gasteiger partial charge is 0.299 e. The minimum Gasteiger partial charge on any atom is -0.299 e. The Morgan fingerprint density at radius 1 is 1.40 bits per heavy atom. The summed E-state index contributed by atoms with van der Waals surface area (Å²) in [6, 6.07) is 0. The molecule has 1 aliphatic rings. The molecule has 0 aromatic heterocycles. The van der Waals surface area contributed by atoms with Crippen molar-refractivity contribution >= 4 is 5.78 Å². The maximum Gasteiger partial charge on any atom is 0.136 e. The average Bonchev–Trinajstić information content (AvgIpc) is 2.27. The SMILES string of the molecule is C=CC[C@H]1CCCC[C@@H]1C(=O)CCCC. The number of hydrogen-bond acceptors (Lipinski definition) is 1. The molecule has 0 radical (unpaired) electrons. The molecule has 0 saturated heterocycles. The van der Waals surface area contributed by atoms with E-state index in [1.165, 1.54) is 19.3 Å². The van der Waals surface area contributed by atoms with Crippen LogP contribution in [0.15, 0.2) is 12.7 Å². The Hall–Kier alpha value is -0.590. The Kier molecular flexibility index (Phi) is 5.67. The van der Waals surface area contributed by atoms with Gasteiger partial charge in [0.05, 0.1) is 0 Å². The summed E-state index contributed by atoms with van der Waals surface area (Å²) in [6.07, 6.45) is 10.9. The normalized spacial score (nSPS) is 26.2. The summed E-state index contributed by atoms with van der Waals surface area (Å²) in [5.74, 6) is 1.47. The van der Waals surface area contributed by atoms with Gasteiger partial charge in [0.15, 0.2) is 0 Å². The second-order valence-electron chi connectivity index (χ2n) is 4.75. The van der Waals surface area contributed by atoms with Gasteiger partial charge in [-0.25, -0.2) is 0 Å². The molecule has 0 heterocycles. The van der Waals surface area contributed by atoms with Crippen molar-refractivity contribution < 1.29 is 4.79 Å². The number of carbonyl (C=O) groups is 1. The van der Waals surface area contributed by atoms with Crippen LogP contribution in [-0.4, -0.2) is 5.78 Å². The lowest BCUT2D eigenvalue weighted by Crippen LogP contribution is -2.26. The van der Waals surface area contributed by atoms with Crippen LogP contribution in [-0.2, 0) is 4.79 Å². The van der Waals surface area contributed by atoms with Crippen molar-refractivity contribution in [2.75, 3.05) is 0 Å². The first-order valence-electron chi connectivity index (χ1n) is 6.43. The molecule has 0 spiro atoms. The molecule has 86 valence electrons. The molecular formula is C14H24O. The lowest BCUT2D eigenvalue weighted by atomic mass is 9.74. The number of hydrogen-bond donors (Lipinski definition) is 0. The molecule has 0 N–H and O–H groups in total. The van der Waals surface area contributed by atoms with Crippen molar-refractivity contribution in [3.8, 4) is 0 Å². The first-order valence-corrected chi connectivity index (χ1v) is 6.43. The predicted octanol–water partition coefficient (Wildman–Crippen LogP) is 4.13. The lowest BCUT2D eigenvalue weighted by Gasteiger charge is -2.29. The molecular weight excluding hydrogens is 184 g/mol. The third-order valence-electron chi connectivity index (χ3n) is 3.57. The standard InChI is InChI=1S/C14H24O/c1-3-5-11-14(15)13-10-7-6-9-12(13)8-4-2/h4,12-13H,2-3,5-11H2,1H3/t12-,13-/m0/s1. The second-order valence-corrected chi connectivity index (χ2v) is 4.75. The maximum atomic E-state index is 12.0. The third kappa shape index (κ3) is 3.81. The summed E-state index contributed by atoms with van der Waals surface area (Å²) in [5, 5.41) is 0. The van der Waals surface area contributed by atoms with E-state index in [0.29, 0.717) is 17.6 Å². The molecule has 1 fully saturated rings. The van der Waals surface area contributed by atoms with E-state index in [1.54, 1.807) is 0 Å². The Morgan fingerprint density at radius 2 is 2.13 bits per heavy atom. The number of rotatable bonds is 6. The number of ketones is 1. The molecule has 0 aliphatic heterocycles. The van der Waals surface area contributed by atoms with Gasteiger partial charge in [0, 0.05) is 12.3 Å². The van der Waals surface area contributed by atoms with E-state index in [9.17, 15) is 4.79 Å². The molecule has 0 aromatic carbocycles. The zero-order valence-corrected chi connectivity index (χ0v) is 10.0. The van der Waals surface area contributed by atoms with Gasteiger partial charge in [-0.15, -0.1) is 6.58 Å². The zero-order valence-electron chi connectivity index (χ0n) is 10.0. The van der Waals surface area contributed by atoms with Crippen LogP contribution in [0, 0.1) is 11.8 Å². The molecule has 15 heavy (non-hydrogen) atoms. The summed E-state index contributed by atoms with van der Waals surface area (Å²) < 4.78 is 0. The fraction of sp³-hybridized carbons (Fsp3) is 0.786. The van der Waals surface area contributed by atoms with E-state index in [-0.39, 0.29) is 0 Å². The molecule has 0 unspecified atom stereocenters. The zero-order chi connectivity index (χ0) is 11.1. The van der Waals surface area contributed by atoms with E-state index in [2.05, 4.69) is 13.5 Å². The highest BCUT2D eigenvalue weighted by atomic mass is 16.1. The van der Waals surface area contributed by atoms with Crippen molar-refractivity contribution in [3.05, 3.63) is 12.7 Å². The molecule has 1 saturated carbocycles. The highest BCUT2D eigenvalue weighted by molar-refractivity contribution is 5.81. The molecule has 1 aliphatic carbocycles. The van der Waals surface area contributed by atoms with Crippen LogP contribution in [0.5, 0.6) is 0 Å².